The summed E-state index contributed by atoms with van der Waals surface area (Å²) in [6, 6.07) is 8.36. The first-order valence-electron chi connectivity index (χ1n) is 7.68. The lowest BCUT2D eigenvalue weighted by molar-refractivity contribution is 0.573. The van der Waals surface area contributed by atoms with Crippen LogP contribution in [0.25, 0.3) is 0 Å². The average molecular weight is 282 g/mol. The summed E-state index contributed by atoms with van der Waals surface area (Å²) in [4.78, 5) is 11.3. The van der Waals surface area contributed by atoms with Crippen molar-refractivity contribution in [2.45, 2.75) is 32.7 Å². The van der Waals surface area contributed by atoms with Crippen LogP contribution < -0.4 is 10.2 Å². The molecule has 1 N–H and O–H groups in total. The van der Waals surface area contributed by atoms with Gasteiger partial charge in [-0.25, -0.2) is 4.98 Å². The van der Waals surface area contributed by atoms with E-state index in [0.717, 1.165) is 36.8 Å². The minimum absolute atomic E-state index is 0.776. The second-order valence-electron chi connectivity index (χ2n) is 5.61. The van der Waals surface area contributed by atoms with Crippen LogP contribution >= 0.6 is 0 Å². The van der Waals surface area contributed by atoms with E-state index in [-0.39, 0.29) is 0 Å². The van der Waals surface area contributed by atoms with Gasteiger partial charge in [0.1, 0.15) is 5.82 Å². The van der Waals surface area contributed by atoms with Crippen LogP contribution in [-0.2, 0) is 6.54 Å². The van der Waals surface area contributed by atoms with Gasteiger partial charge in [-0.1, -0.05) is 6.07 Å². The van der Waals surface area contributed by atoms with E-state index in [1.807, 2.05) is 25.4 Å². The molecule has 3 heterocycles. The van der Waals surface area contributed by atoms with Crippen LogP contribution in [0, 0.1) is 6.92 Å². The molecule has 0 aliphatic carbocycles. The van der Waals surface area contributed by atoms with Crippen molar-refractivity contribution in [3.63, 3.8) is 0 Å². The minimum atomic E-state index is 0.776. The smallest absolute Gasteiger partial charge is 0.128 e. The Kier molecular flexibility index (Phi) is 4.34. The number of anilines is 2. The molecule has 110 valence electrons. The van der Waals surface area contributed by atoms with Gasteiger partial charge in [-0.3, -0.25) is 4.98 Å². The number of nitrogens with one attached hydrogen (secondary N) is 1. The quantitative estimate of drug-likeness (QED) is 0.933. The monoisotopic (exact) mass is 282 g/mol. The van der Waals surface area contributed by atoms with Crippen molar-refractivity contribution in [3.05, 3.63) is 47.9 Å². The zero-order valence-corrected chi connectivity index (χ0v) is 12.5. The third kappa shape index (κ3) is 3.72. The van der Waals surface area contributed by atoms with Gasteiger partial charge < -0.3 is 10.2 Å². The number of aryl methyl sites for hydroxylation is 1. The van der Waals surface area contributed by atoms with E-state index in [9.17, 15) is 0 Å². The predicted molar refractivity (Wildman–Crippen MR) is 86.6 cm³/mol. The summed E-state index contributed by atoms with van der Waals surface area (Å²) in [6.07, 6.45) is 7.74. The molecule has 0 saturated carbocycles. The van der Waals surface area contributed by atoms with Crippen molar-refractivity contribution in [1.82, 2.24) is 9.97 Å². The zero-order chi connectivity index (χ0) is 14.5. The minimum Gasteiger partial charge on any atom is -0.380 e. The summed E-state index contributed by atoms with van der Waals surface area (Å²) >= 11 is 0. The molecule has 21 heavy (non-hydrogen) atoms. The fraction of sp³-hybridized carbons (Fsp3) is 0.412. The SMILES string of the molecule is Cc1ccc(CNc2ccc(N3CCCCC3)nc2)cn1. The Morgan fingerprint density at radius 1 is 1.00 bits per heavy atom. The lowest BCUT2D eigenvalue weighted by Gasteiger charge is -2.27. The van der Waals surface area contributed by atoms with E-state index in [0.29, 0.717) is 0 Å². The van der Waals surface area contributed by atoms with E-state index in [2.05, 4.69) is 38.4 Å². The fourth-order valence-corrected chi connectivity index (χ4v) is 2.61. The van der Waals surface area contributed by atoms with Gasteiger partial charge in [0.25, 0.3) is 0 Å². The Bertz CT molecular complexity index is 556. The molecular weight excluding hydrogens is 260 g/mol. The van der Waals surface area contributed by atoms with Crippen molar-refractivity contribution >= 4 is 11.5 Å². The summed E-state index contributed by atoms with van der Waals surface area (Å²) in [5.74, 6) is 1.09. The topological polar surface area (TPSA) is 41.0 Å². The lowest BCUT2D eigenvalue weighted by atomic mass is 10.1. The molecule has 0 radical (unpaired) electrons. The molecule has 0 atom stereocenters. The van der Waals surface area contributed by atoms with Crippen molar-refractivity contribution in [2.75, 3.05) is 23.3 Å². The van der Waals surface area contributed by atoms with Crippen molar-refractivity contribution in [2.24, 2.45) is 0 Å². The van der Waals surface area contributed by atoms with Crippen LogP contribution in [0.4, 0.5) is 11.5 Å². The van der Waals surface area contributed by atoms with Crippen LogP contribution in [0.15, 0.2) is 36.7 Å². The first-order chi connectivity index (χ1) is 10.3. The van der Waals surface area contributed by atoms with E-state index in [1.165, 1.54) is 24.8 Å². The van der Waals surface area contributed by atoms with Crippen LogP contribution in [0.2, 0.25) is 0 Å². The molecule has 0 aromatic carbocycles. The van der Waals surface area contributed by atoms with E-state index in [4.69, 9.17) is 0 Å². The maximum atomic E-state index is 4.58. The summed E-state index contributed by atoms with van der Waals surface area (Å²) < 4.78 is 0. The maximum Gasteiger partial charge on any atom is 0.128 e. The first kappa shape index (κ1) is 13.9. The molecule has 4 heteroatoms. The van der Waals surface area contributed by atoms with Gasteiger partial charge in [0.05, 0.1) is 11.9 Å². The Morgan fingerprint density at radius 2 is 1.86 bits per heavy atom. The number of aromatic nitrogens is 2. The molecule has 0 bridgehead atoms. The standard InChI is InChI=1S/C17H22N4/c1-14-5-6-15(11-18-14)12-19-16-7-8-17(20-13-16)21-9-3-2-4-10-21/h5-8,11,13,19H,2-4,9-10,12H2,1H3. The van der Waals surface area contributed by atoms with Crippen LogP contribution in [0.5, 0.6) is 0 Å². The van der Waals surface area contributed by atoms with Crippen LogP contribution in [-0.4, -0.2) is 23.1 Å². The lowest BCUT2D eigenvalue weighted by Crippen LogP contribution is -2.30. The highest BCUT2D eigenvalue weighted by Gasteiger charge is 2.11. The molecule has 3 rings (SSSR count). The molecule has 1 saturated heterocycles. The molecule has 2 aromatic rings. The second kappa shape index (κ2) is 6.57. The average Bonchev–Trinajstić information content (AvgIpc) is 2.56. The van der Waals surface area contributed by atoms with Crippen molar-refractivity contribution in [3.8, 4) is 0 Å². The van der Waals surface area contributed by atoms with E-state index in [1.54, 1.807) is 0 Å². The van der Waals surface area contributed by atoms with Crippen LogP contribution in [0.1, 0.15) is 30.5 Å². The molecule has 0 amide bonds. The second-order valence-corrected chi connectivity index (χ2v) is 5.61. The van der Waals surface area contributed by atoms with E-state index < -0.39 is 0 Å². The molecule has 0 spiro atoms. The van der Waals surface area contributed by atoms with Gasteiger partial charge in [0, 0.05) is 31.5 Å². The summed E-state index contributed by atoms with van der Waals surface area (Å²) in [7, 11) is 0. The van der Waals surface area contributed by atoms with Gasteiger partial charge in [-0.15, -0.1) is 0 Å². The highest BCUT2D eigenvalue weighted by molar-refractivity contribution is 5.49. The van der Waals surface area contributed by atoms with Gasteiger partial charge in [-0.05, 0) is 49.9 Å². The Labute approximate surface area is 126 Å². The third-order valence-corrected chi connectivity index (χ3v) is 3.90. The summed E-state index contributed by atoms with van der Waals surface area (Å²) in [5, 5.41) is 3.39. The van der Waals surface area contributed by atoms with Gasteiger partial charge >= 0.3 is 0 Å². The van der Waals surface area contributed by atoms with Crippen molar-refractivity contribution < 1.29 is 0 Å². The number of hydrogen-bond acceptors (Lipinski definition) is 4. The molecule has 1 fully saturated rings. The largest absolute Gasteiger partial charge is 0.380 e. The number of piperidine rings is 1. The molecular formula is C17H22N4. The summed E-state index contributed by atoms with van der Waals surface area (Å²) in [5.41, 5.74) is 3.28. The molecule has 1 aliphatic heterocycles. The first-order valence-corrected chi connectivity index (χ1v) is 7.68. The molecule has 0 unspecified atom stereocenters. The Morgan fingerprint density at radius 3 is 2.52 bits per heavy atom. The number of pyridine rings is 2. The van der Waals surface area contributed by atoms with Gasteiger partial charge in [-0.2, -0.15) is 0 Å². The third-order valence-electron chi connectivity index (χ3n) is 3.90. The Hall–Kier alpha value is -2.10. The predicted octanol–water partition coefficient (Wildman–Crippen LogP) is 3.39. The van der Waals surface area contributed by atoms with Gasteiger partial charge in [0.15, 0.2) is 0 Å². The highest BCUT2D eigenvalue weighted by Crippen LogP contribution is 2.19. The number of nitrogens with zero attached hydrogens (tertiary/aromatic N) is 3. The van der Waals surface area contributed by atoms with Crippen molar-refractivity contribution in [1.29, 1.82) is 0 Å². The molecule has 4 nitrogen and oxygen atoms in total. The highest BCUT2D eigenvalue weighted by atomic mass is 15.2. The normalized spacial score (nSPS) is 15.0. The molecule has 1 aliphatic rings. The van der Waals surface area contributed by atoms with Gasteiger partial charge in [0.2, 0.25) is 0 Å². The number of rotatable bonds is 4. The Balaban J connectivity index is 1.57. The zero-order valence-electron chi connectivity index (χ0n) is 12.5. The van der Waals surface area contributed by atoms with E-state index >= 15 is 0 Å². The van der Waals surface area contributed by atoms with Crippen LogP contribution in [0.3, 0.4) is 0 Å². The fourth-order valence-electron chi connectivity index (χ4n) is 2.61. The summed E-state index contributed by atoms with van der Waals surface area (Å²) in [6.45, 7) is 5.04. The maximum absolute atomic E-state index is 4.58. The number of hydrogen-bond donors (Lipinski definition) is 1. The molecule has 2 aromatic heterocycles.